The third-order valence-electron chi connectivity index (χ3n) is 2.06. The fourth-order valence-electron chi connectivity index (χ4n) is 1.44. The fraction of sp³-hybridized carbons (Fsp3) is 1.00. The van der Waals surface area contributed by atoms with Gasteiger partial charge in [0.1, 0.15) is 0 Å². The molecule has 1 aliphatic heterocycles. The van der Waals surface area contributed by atoms with Crippen molar-refractivity contribution in [1.29, 1.82) is 0 Å². The molecule has 1 saturated heterocycles. The number of nitrogens with one attached hydrogen (secondary N) is 1. The number of halogens is 3. The Balaban J connectivity index is 2.47. The molecule has 2 N–H and O–H groups in total. The van der Waals surface area contributed by atoms with E-state index in [2.05, 4.69) is 5.32 Å². The van der Waals surface area contributed by atoms with E-state index in [1.807, 2.05) is 0 Å². The van der Waals surface area contributed by atoms with Gasteiger partial charge in [0.05, 0.1) is 12.0 Å². The average molecular weight is 183 g/mol. The molecule has 12 heavy (non-hydrogen) atoms. The van der Waals surface area contributed by atoms with Gasteiger partial charge in [0.15, 0.2) is 0 Å². The molecule has 1 heterocycles. The predicted molar refractivity (Wildman–Crippen MR) is 37.7 cm³/mol. The zero-order valence-electron chi connectivity index (χ0n) is 6.62. The van der Waals surface area contributed by atoms with Crippen molar-refractivity contribution < 1.29 is 18.3 Å². The maximum absolute atomic E-state index is 11.9. The molecular formula is C7H12F3NO. The number of alkyl halides is 3. The zero-order valence-corrected chi connectivity index (χ0v) is 6.62. The lowest BCUT2D eigenvalue weighted by molar-refractivity contribution is -0.180. The number of piperidine rings is 1. The molecule has 0 aromatic heterocycles. The minimum absolute atomic E-state index is 0.187. The first-order chi connectivity index (χ1) is 5.41. The van der Waals surface area contributed by atoms with Crippen molar-refractivity contribution in [2.24, 2.45) is 0 Å². The van der Waals surface area contributed by atoms with Crippen molar-refractivity contribution in [3.05, 3.63) is 0 Å². The maximum Gasteiger partial charge on any atom is 0.391 e. The van der Waals surface area contributed by atoms with Crippen LogP contribution in [0.2, 0.25) is 0 Å². The quantitative estimate of drug-likeness (QED) is 0.637. The van der Waals surface area contributed by atoms with Crippen molar-refractivity contribution in [2.75, 3.05) is 13.1 Å². The standard InChI is InChI=1S/C7H12F3NO/c8-7(9,10)5-6(12)1-3-11-4-2-6/h11-12H,1-5H2. The Morgan fingerprint density at radius 1 is 1.25 bits per heavy atom. The topological polar surface area (TPSA) is 32.3 Å². The Morgan fingerprint density at radius 3 is 2.17 bits per heavy atom. The first kappa shape index (κ1) is 9.80. The fourth-order valence-corrected chi connectivity index (χ4v) is 1.44. The van der Waals surface area contributed by atoms with Gasteiger partial charge < -0.3 is 10.4 Å². The van der Waals surface area contributed by atoms with E-state index in [0.29, 0.717) is 13.1 Å². The van der Waals surface area contributed by atoms with E-state index in [1.165, 1.54) is 0 Å². The van der Waals surface area contributed by atoms with Crippen LogP contribution in [0.4, 0.5) is 13.2 Å². The summed E-state index contributed by atoms with van der Waals surface area (Å²) in [7, 11) is 0. The molecule has 0 bridgehead atoms. The highest BCUT2D eigenvalue weighted by Gasteiger charge is 2.41. The molecular weight excluding hydrogens is 171 g/mol. The number of rotatable bonds is 1. The number of hydrogen-bond donors (Lipinski definition) is 2. The predicted octanol–water partition coefficient (Wildman–Crippen LogP) is 1.05. The third-order valence-corrected chi connectivity index (χ3v) is 2.06. The van der Waals surface area contributed by atoms with Crippen LogP contribution < -0.4 is 5.32 Å². The molecule has 0 unspecified atom stereocenters. The van der Waals surface area contributed by atoms with Crippen LogP contribution in [-0.4, -0.2) is 30.0 Å². The zero-order chi connectivity index (χ0) is 9.24. The molecule has 1 rings (SSSR count). The highest BCUT2D eigenvalue weighted by atomic mass is 19.4. The summed E-state index contributed by atoms with van der Waals surface area (Å²) >= 11 is 0. The van der Waals surface area contributed by atoms with Gasteiger partial charge in [-0.3, -0.25) is 0 Å². The summed E-state index contributed by atoms with van der Waals surface area (Å²) in [5.41, 5.74) is -1.52. The molecule has 2 nitrogen and oxygen atoms in total. The van der Waals surface area contributed by atoms with Gasteiger partial charge in [0.25, 0.3) is 0 Å². The van der Waals surface area contributed by atoms with Gasteiger partial charge in [-0.15, -0.1) is 0 Å². The lowest BCUT2D eigenvalue weighted by Gasteiger charge is -2.33. The van der Waals surface area contributed by atoms with Gasteiger partial charge in [0.2, 0.25) is 0 Å². The second kappa shape index (κ2) is 3.22. The summed E-state index contributed by atoms with van der Waals surface area (Å²) < 4.78 is 35.7. The summed E-state index contributed by atoms with van der Waals surface area (Å²) in [6.45, 7) is 0.930. The molecule has 0 saturated carbocycles. The molecule has 0 radical (unpaired) electrons. The summed E-state index contributed by atoms with van der Waals surface area (Å²) in [6, 6.07) is 0. The Bertz CT molecular complexity index is 151. The normalized spacial score (nSPS) is 24.0. The Labute approximate surface area is 68.8 Å². The molecule has 5 heteroatoms. The van der Waals surface area contributed by atoms with Crippen LogP contribution in [0.5, 0.6) is 0 Å². The van der Waals surface area contributed by atoms with Crippen LogP contribution in [0.15, 0.2) is 0 Å². The minimum Gasteiger partial charge on any atom is -0.389 e. The molecule has 0 spiro atoms. The highest BCUT2D eigenvalue weighted by molar-refractivity contribution is 4.86. The van der Waals surface area contributed by atoms with E-state index < -0.39 is 18.2 Å². The summed E-state index contributed by atoms with van der Waals surface area (Å²) in [4.78, 5) is 0. The molecule has 72 valence electrons. The van der Waals surface area contributed by atoms with Crippen LogP contribution in [0.3, 0.4) is 0 Å². The molecule has 0 atom stereocenters. The smallest absolute Gasteiger partial charge is 0.389 e. The van der Waals surface area contributed by atoms with Crippen LogP contribution in [-0.2, 0) is 0 Å². The number of hydrogen-bond acceptors (Lipinski definition) is 2. The van der Waals surface area contributed by atoms with Crippen molar-refractivity contribution in [2.45, 2.75) is 31.0 Å². The monoisotopic (exact) mass is 183 g/mol. The third kappa shape index (κ3) is 2.98. The maximum atomic E-state index is 11.9. The van der Waals surface area contributed by atoms with Crippen LogP contribution in [0.25, 0.3) is 0 Å². The minimum atomic E-state index is -4.26. The average Bonchev–Trinajstić information content (AvgIpc) is 1.83. The van der Waals surface area contributed by atoms with E-state index in [9.17, 15) is 18.3 Å². The van der Waals surface area contributed by atoms with E-state index in [0.717, 1.165) is 0 Å². The van der Waals surface area contributed by atoms with Gasteiger partial charge in [-0.1, -0.05) is 0 Å². The van der Waals surface area contributed by atoms with Gasteiger partial charge in [-0.05, 0) is 25.9 Å². The largest absolute Gasteiger partial charge is 0.391 e. The van der Waals surface area contributed by atoms with E-state index in [1.54, 1.807) is 0 Å². The van der Waals surface area contributed by atoms with Crippen molar-refractivity contribution >= 4 is 0 Å². The highest BCUT2D eigenvalue weighted by Crippen LogP contribution is 2.32. The second-order valence-electron chi connectivity index (χ2n) is 3.27. The van der Waals surface area contributed by atoms with Gasteiger partial charge in [-0.2, -0.15) is 13.2 Å². The van der Waals surface area contributed by atoms with E-state index in [4.69, 9.17) is 0 Å². The van der Waals surface area contributed by atoms with Crippen molar-refractivity contribution in [3.8, 4) is 0 Å². The van der Waals surface area contributed by atoms with Crippen molar-refractivity contribution in [3.63, 3.8) is 0 Å². The van der Waals surface area contributed by atoms with E-state index >= 15 is 0 Å². The number of aliphatic hydroxyl groups is 1. The Morgan fingerprint density at radius 2 is 1.75 bits per heavy atom. The van der Waals surface area contributed by atoms with Crippen LogP contribution in [0.1, 0.15) is 19.3 Å². The molecule has 1 aliphatic rings. The summed E-state index contributed by atoms with van der Waals surface area (Å²) in [6.07, 6.45) is -4.97. The van der Waals surface area contributed by atoms with Crippen LogP contribution in [0, 0.1) is 0 Å². The summed E-state index contributed by atoms with van der Waals surface area (Å²) in [5, 5.41) is 12.3. The Kier molecular flexibility index (Phi) is 2.63. The lowest BCUT2D eigenvalue weighted by Crippen LogP contribution is -2.44. The molecule has 0 amide bonds. The van der Waals surface area contributed by atoms with E-state index in [-0.39, 0.29) is 12.8 Å². The SMILES string of the molecule is OC1(CC(F)(F)F)CCNCC1. The van der Waals surface area contributed by atoms with Crippen molar-refractivity contribution in [1.82, 2.24) is 5.32 Å². The molecule has 0 aliphatic carbocycles. The lowest BCUT2D eigenvalue weighted by atomic mass is 9.89. The summed E-state index contributed by atoms with van der Waals surface area (Å²) in [5.74, 6) is 0. The molecule has 0 aromatic carbocycles. The van der Waals surface area contributed by atoms with Gasteiger partial charge in [0, 0.05) is 0 Å². The second-order valence-corrected chi connectivity index (χ2v) is 3.27. The first-order valence-electron chi connectivity index (χ1n) is 3.91. The molecule has 0 aromatic rings. The van der Waals surface area contributed by atoms with Crippen LogP contribution >= 0.6 is 0 Å². The Hall–Kier alpha value is -0.290. The first-order valence-corrected chi connectivity index (χ1v) is 3.91. The van der Waals surface area contributed by atoms with Gasteiger partial charge >= 0.3 is 6.18 Å². The molecule has 1 fully saturated rings. The van der Waals surface area contributed by atoms with Gasteiger partial charge in [-0.25, -0.2) is 0 Å².